The molecule has 0 bridgehead atoms. The van der Waals surface area contributed by atoms with Gasteiger partial charge >= 0.3 is 6.18 Å². The number of allylic oxidation sites excluding steroid dienone is 2. The lowest BCUT2D eigenvalue weighted by molar-refractivity contribution is -0.0810. The van der Waals surface area contributed by atoms with Crippen LogP contribution >= 0.6 is 0 Å². The predicted octanol–water partition coefficient (Wildman–Crippen LogP) is 5.59. The molecule has 0 aliphatic carbocycles. The Bertz CT molecular complexity index is 236. The Morgan fingerprint density at radius 3 is 1.88 bits per heavy atom. The maximum atomic E-state index is 12.4. The summed E-state index contributed by atoms with van der Waals surface area (Å²) in [6.07, 6.45) is -1.05. The second kappa shape index (κ2) is 7.07. The minimum Gasteiger partial charge on any atom is -0.167 e. The van der Waals surface area contributed by atoms with Crippen molar-refractivity contribution in [3.8, 4) is 0 Å². The van der Waals surface area contributed by atoms with Crippen molar-refractivity contribution in [1.82, 2.24) is 0 Å². The van der Waals surface area contributed by atoms with E-state index in [0.717, 1.165) is 12.8 Å². The fourth-order valence-electron chi connectivity index (χ4n) is 1.79. The highest BCUT2D eigenvalue weighted by Gasteiger charge is 2.25. The van der Waals surface area contributed by atoms with Gasteiger partial charge < -0.3 is 0 Å². The van der Waals surface area contributed by atoms with Gasteiger partial charge in [0.1, 0.15) is 0 Å². The fraction of sp³-hybridized carbons (Fsp3) is 0.857. The number of hydrogen-bond donors (Lipinski definition) is 0. The summed E-state index contributed by atoms with van der Waals surface area (Å²) in [4.78, 5) is 0. The highest BCUT2D eigenvalue weighted by molar-refractivity contribution is 5.08. The first-order chi connectivity index (χ1) is 7.61. The van der Waals surface area contributed by atoms with E-state index in [9.17, 15) is 13.2 Å². The van der Waals surface area contributed by atoms with Crippen LogP contribution in [0.4, 0.5) is 13.2 Å². The van der Waals surface area contributed by atoms with E-state index in [0.29, 0.717) is 29.9 Å². The standard InChI is InChI=1S/C14H25F3/c1-10(2)6-7-12(5)8-13(11(3)4)9-14(15,16)17/h9-12H,6-8H2,1-5H3/b13-9-. The van der Waals surface area contributed by atoms with Crippen molar-refractivity contribution in [2.24, 2.45) is 17.8 Å². The van der Waals surface area contributed by atoms with Gasteiger partial charge in [0.05, 0.1) is 0 Å². The van der Waals surface area contributed by atoms with Crippen LogP contribution in [0.15, 0.2) is 11.6 Å². The van der Waals surface area contributed by atoms with E-state index in [1.165, 1.54) is 0 Å². The van der Waals surface area contributed by atoms with E-state index >= 15 is 0 Å². The molecule has 17 heavy (non-hydrogen) atoms. The first-order valence-electron chi connectivity index (χ1n) is 6.40. The molecular weight excluding hydrogens is 225 g/mol. The molecule has 0 N–H and O–H groups in total. The average Bonchev–Trinajstić information content (AvgIpc) is 2.11. The summed E-state index contributed by atoms with van der Waals surface area (Å²) in [5.41, 5.74) is 0.522. The van der Waals surface area contributed by atoms with Crippen LogP contribution in [0.5, 0.6) is 0 Å². The Balaban J connectivity index is 4.41. The van der Waals surface area contributed by atoms with Crippen molar-refractivity contribution in [3.05, 3.63) is 11.6 Å². The van der Waals surface area contributed by atoms with E-state index in [1.54, 1.807) is 0 Å². The van der Waals surface area contributed by atoms with Crippen LogP contribution in [0.2, 0.25) is 0 Å². The molecule has 0 aliphatic heterocycles. The van der Waals surface area contributed by atoms with Gasteiger partial charge in [0.2, 0.25) is 0 Å². The third-order valence-electron chi connectivity index (χ3n) is 2.91. The first-order valence-corrected chi connectivity index (χ1v) is 6.40. The van der Waals surface area contributed by atoms with Crippen molar-refractivity contribution in [2.75, 3.05) is 0 Å². The SMILES string of the molecule is CC(C)CCC(C)C/C(=C/C(F)(F)F)C(C)C. The average molecular weight is 250 g/mol. The lowest BCUT2D eigenvalue weighted by atomic mass is 9.89. The topological polar surface area (TPSA) is 0 Å². The zero-order valence-corrected chi connectivity index (χ0v) is 11.6. The third-order valence-corrected chi connectivity index (χ3v) is 2.91. The quantitative estimate of drug-likeness (QED) is 0.539. The summed E-state index contributed by atoms with van der Waals surface area (Å²) in [6.45, 7) is 9.97. The second-order valence-electron chi connectivity index (χ2n) is 5.70. The molecule has 0 aromatic rings. The van der Waals surface area contributed by atoms with Crippen molar-refractivity contribution in [3.63, 3.8) is 0 Å². The van der Waals surface area contributed by atoms with Crippen LogP contribution in [0.25, 0.3) is 0 Å². The van der Waals surface area contributed by atoms with E-state index in [2.05, 4.69) is 13.8 Å². The maximum Gasteiger partial charge on any atom is 0.409 e. The molecule has 0 saturated carbocycles. The van der Waals surface area contributed by atoms with Gasteiger partial charge in [0, 0.05) is 6.08 Å². The number of halogens is 3. The molecule has 0 amide bonds. The monoisotopic (exact) mass is 250 g/mol. The number of hydrogen-bond acceptors (Lipinski definition) is 0. The normalized spacial score (nSPS) is 15.8. The highest BCUT2D eigenvalue weighted by atomic mass is 19.4. The van der Waals surface area contributed by atoms with Crippen LogP contribution in [0, 0.1) is 17.8 Å². The van der Waals surface area contributed by atoms with E-state index in [1.807, 2.05) is 20.8 Å². The Hall–Kier alpha value is -0.470. The van der Waals surface area contributed by atoms with Crippen LogP contribution in [-0.4, -0.2) is 6.18 Å². The Kier molecular flexibility index (Phi) is 6.88. The lowest BCUT2D eigenvalue weighted by Crippen LogP contribution is -2.09. The van der Waals surface area contributed by atoms with Gasteiger partial charge in [-0.3, -0.25) is 0 Å². The van der Waals surface area contributed by atoms with Gasteiger partial charge in [0.15, 0.2) is 0 Å². The van der Waals surface area contributed by atoms with E-state index in [4.69, 9.17) is 0 Å². The zero-order chi connectivity index (χ0) is 13.6. The van der Waals surface area contributed by atoms with Gasteiger partial charge in [-0.2, -0.15) is 13.2 Å². The molecule has 1 unspecified atom stereocenters. The molecule has 1 atom stereocenters. The molecular formula is C14H25F3. The molecule has 0 spiro atoms. The van der Waals surface area contributed by atoms with Crippen molar-refractivity contribution in [1.29, 1.82) is 0 Å². The minimum atomic E-state index is -4.18. The molecule has 0 saturated heterocycles. The van der Waals surface area contributed by atoms with E-state index < -0.39 is 6.18 Å². The molecule has 0 aromatic heterocycles. The van der Waals surface area contributed by atoms with Gasteiger partial charge in [-0.15, -0.1) is 0 Å². The summed E-state index contributed by atoms with van der Waals surface area (Å²) in [6, 6.07) is 0. The van der Waals surface area contributed by atoms with Crippen LogP contribution in [0.3, 0.4) is 0 Å². The highest BCUT2D eigenvalue weighted by Crippen LogP contribution is 2.28. The molecule has 0 rings (SSSR count). The fourth-order valence-corrected chi connectivity index (χ4v) is 1.79. The first kappa shape index (κ1) is 16.5. The van der Waals surface area contributed by atoms with Crippen molar-refractivity contribution < 1.29 is 13.2 Å². The van der Waals surface area contributed by atoms with Gasteiger partial charge in [-0.05, 0) is 24.2 Å². The van der Waals surface area contributed by atoms with Crippen LogP contribution in [0.1, 0.15) is 53.9 Å². The summed E-state index contributed by atoms with van der Waals surface area (Å²) >= 11 is 0. The van der Waals surface area contributed by atoms with Crippen LogP contribution < -0.4 is 0 Å². The zero-order valence-electron chi connectivity index (χ0n) is 11.6. The molecule has 0 fully saturated rings. The predicted molar refractivity (Wildman–Crippen MR) is 66.8 cm³/mol. The number of alkyl halides is 3. The Morgan fingerprint density at radius 2 is 1.53 bits per heavy atom. The van der Waals surface area contributed by atoms with Crippen molar-refractivity contribution >= 4 is 0 Å². The van der Waals surface area contributed by atoms with E-state index in [-0.39, 0.29) is 5.92 Å². The molecule has 102 valence electrons. The second-order valence-corrected chi connectivity index (χ2v) is 5.70. The minimum absolute atomic E-state index is 0.0295. The summed E-state index contributed by atoms with van der Waals surface area (Å²) in [5.74, 6) is 0.915. The molecule has 3 heteroatoms. The Labute approximate surface area is 103 Å². The summed E-state index contributed by atoms with van der Waals surface area (Å²) < 4.78 is 37.1. The lowest BCUT2D eigenvalue weighted by Gasteiger charge is -2.18. The molecule has 0 aliphatic rings. The summed E-state index contributed by atoms with van der Waals surface area (Å²) in [7, 11) is 0. The molecule has 0 aromatic carbocycles. The summed E-state index contributed by atoms with van der Waals surface area (Å²) in [5, 5.41) is 0. The molecule has 0 heterocycles. The van der Waals surface area contributed by atoms with Crippen LogP contribution in [-0.2, 0) is 0 Å². The largest absolute Gasteiger partial charge is 0.409 e. The van der Waals surface area contributed by atoms with Gasteiger partial charge in [0.25, 0.3) is 0 Å². The molecule has 0 nitrogen and oxygen atoms in total. The van der Waals surface area contributed by atoms with Gasteiger partial charge in [-0.25, -0.2) is 0 Å². The molecule has 0 radical (unpaired) electrons. The Morgan fingerprint density at radius 1 is 1.00 bits per heavy atom. The third kappa shape index (κ3) is 9.25. The smallest absolute Gasteiger partial charge is 0.167 e. The number of rotatable bonds is 6. The maximum absolute atomic E-state index is 12.4. The van der Waals surface area contributed by atoms with Crippen molar-refractivity contribution in [2.45, 2.75) is 60.1 Å². The van der Waals surface area contributed by atoms with Gasteiger partial charge in [-0.1, -0.05) is 53.0 Å².